The van der Waals surface area contributed by atoms with Gasteiger partial charge in [0.25, 0.3) is 0 Å². The second-order valence-electron chi connectivity index (χ2n) is 7.87. The van der Waals surface area contributed by atoms with Crippen LogP contribution in [-0.4, -0.2) is 9.97 Å². The highest BCUT2D eigenvalue weighted by Gasteiger charge is 2.11. The van der Waals surface area contributed by atoms with Crippen LogP contribution in [0.15, 0.2) is 108 Å². The summed E-state index contributed by atoms with van der Waals surface area (Å²) >= 11 is 0. The van der Waals surface area contributed by atoms with E-state index in [4.69, 9.17) is 14.7 Å². The first-order chi connectivity index (χ1) is 16.3. The second-order valence-corrected chi connectivity index (χ2v) is 7.87. The molecule has 3 aromatic carbocycles. The van der Waals surface area contributed by atoms with Gasteiger partial charge in [0.15, 0.2) is 0 Å². The Morgan fingerprint density at radius 2 is 1.30 bits per heavy atom. The minimum atomic E-state index is 0.512. The summed E-state index contributed by atoms with van der Waals surface area (Å²) in [4.78, 5) is 8.96. The summed E-state index contributed by atoms with van der Waals surface area (Å²) in [5.74, 6) is 0. The predicted molar refractivity (Wildman–Crippen MR) is 130 cm³/mol. The van der Waals surface area contributed by atoms with Crippen LogP contribution < -0.4 is 0 Å². The molecule has 4 heteroatoms. The molecule has 0 aliphatic rings. The second kappa shape index (κ2) is 7.74. The summed E-state index contributed by atoms with van der Waals surface area (Å²) in [7, 11) is 0. The van der Waals surface area contributed by atoms with Crippen LogP contribution in [-0.2, 0) is 0 Å². The monoisotopic (exact) mass is 423 g/mol. The van der Waals surface area contributed by atoms with Crippen molar-refractivity contribution in [2.24, 2.45) is 0 Å². The Morgan fingerprint density at radius 3 is 2.06 bits per heavy atom. The summed E-state index contributed by atoms with van der Waals surface area (Å²) in [5, 5.41) is 11.3. The summed E-state index contributed by atoms with van der Waals surface area (Å²) in [6.45, 7) is 0. The Labute approximate surface area is 190 Å². The lowest BCUT2D eigenvalue weighted by Gasteiger charge is -2.05. The molecule has 0 spiro atoms. The van der Waals surface area contributed by atoms with Crippen LogP contribution in [0.5, 0.6) is 0 Å². The third kappa shape index (κ3) is 3.42. The minimum absolute atomic E-state index is 0.512. The molecule has 0 bridgehead atoms. The van der Waals surface area contributed by atoms with Crippen molar-refractivity contribution in [3.8, 4) is 39.7 Å². The van der Waals surface area contributed by atoms with Crippen molar-refractivity contribution >= 4 is 21.9 Å². The van der Waals surface area contributed by atoms with Gasteiger partial charge in [0.1, 0.15) is 17.2 Å². The number of aromatic nitrogens is 2. The zero-order valence-corrected chi connectivity index (χ0v) is 17.6. The number of furan rings is 1. The van der Waals surface area contributed by atoms with Gasteiger partial charge in [-0.15, -0.1) is 0 Å². The van der Waals surface area contributed by atoms with Gasteiger partial charge in [-0.1, -0.05) is 48.5 Å². The smallest absolute Gasteiger partial charge is 0.136 e. The van der Waals surface area contributed by atoms with Crippen LogP contribution in [0, 0.1) is 11.3 Å². The average molecular weight is 423 g/mol. The molecule has 0 saturated carbocycles. The molecule has 0 atom stereocenters. The number of pyridine rings is 2. The summed E-state index contributed by atoms with van der Waals surface area (Å²) in [6.07, 6.45) is 3.27. The fourth-order valence-electron chi connectivity index (χ4n) is 4.14. The van der Waals surface area contributed by atoms with Crippen LogP contribution in [0.3, 0.4) is 0 Å². The number of hydrogen-bond donors (Lipinski definition) is 0. The van der Waals surface area contributed by atoms with Crippen molar-refractivity contribution in [1.29, 1.82) is 5.26 Å². The van der Waals surface area contributed by atoms with Crippen molar-refractivity contribution in [1.82, 2.24) is 9.97 Å². The number of nitriles is 1. The standard InChI is InChI=1S/C29H17N3O/c30-16-19-13-23(18-31-17-19)27-8-4-7-26(32-27)22-10-12-25-24-11-9-21(20-5-2-1-3-6-20)14-28(24)33-29(25)15-22/h1-15,17-18H. The van der Waals surface area contributed by atoms with Crippen molar-refractivity contribution in [3.05, 3.63) is 109 Å². The van der Waals surface area contributed by atoms with E-state index in [9.17, 15) is 0 Å². The van der Waals surface area contributed by atoms with Gasteiger partial charge in [-0.3, -0.25) is 4.98 Å². The first-order valence-corrected chi connectivity index (χ1v) is 10.6. The fraction of sp³-hybridized carbons (Fsp3) is 0. The summed E-state index contributed by atoms with van der Waals surface area (Å²) < 4.78 is 6.25. The summed E-state index contributed by atoms with van der Waals surface area (Å²) in [5.41, 5.74) is 7.89. The zero-order chi connectivity index (χ0) is 22.2. The van der Waals surface area contributed by atoms with E-state index < -0.39 is 0 Å². The highest BCUT2D eigenvalue weighted by atomic mass is 16.3. The first kappa shape index (κ1) is 19.0. The molecule has 0 N–H and O–H groups in total. The van der Waals surface area contributed by atoms with Crippen LogP contribution in [0.2, 0.25) is 0 Å². The molecule has 3 heterocycles. The number of fused-ring (bicyclic) bond motifs is 3. The van der Waals surface area contributed by atoms with Crippen LogP contribution in [0.25, 0.3) is 55.6 Å². The van der Waals surface area contributed by atoms with Gasteiger partial charge >= 0.3 is 0 Å². The molecule has 6 rings (SSSR count). The van der Waals surface area contributed by atoms with E-state index in [1.54, 1.807) is 18.5 Å². The van der Waals surface area contributed by atoms with Gasteiger partial charge in [-0.25, -0.2) is 4.98 Å². The van der Waals surface area contributed by atoms with Crippen molar-refractivity contribution < 1.29 is 4.42 Å². The maximum atomic E-state index is 9.16. The van der Waals surface area contributed by atoms with E-state index >= 15 is 0 Å². The highest BCUT2D eigenvalue weighted by molar-refractivity contribution is 6.06. The molecule has 0 amide bonds. The maximum absolute atomic E-state index is 9.16. The van der Waals surface area contributed by atoms with Gasteiger partial charge in [0.2, 0.25) is 0 Å². The van der Waals surface area contributed by atoms with E-state index in [-0.39, 0.29) is 0 Å². The Morgan fingerprint density at radius 1 is 0.606 bits per heavy atom. The molecule has 0 radical (unpaired) electrons. The predicted octanol–water partition coefficient (Wildman–Crippen LogP) is 7.25. The lowest BCUT2D eigenvalue weighted by Crippen LogP contribution is -1.89. The Balaban J connectivity index is 1.42. The van der Waals surface area contributed by atoms with E-state index in [0.29, 0.717) is 5.56 Å². The summed E-state index contributed by atoms with van der Waals surface area (Å²) in [6, 6.07) is 32.6. The molecular formula is C29H17N3O. The van der Waals surface area contributed by atoms with Crippen LogP contribution in [0.4, 0.5) is 0 Å². The molecule has 154 valence electrons. The molecule has 4 nitrogen and oxygen atoms in total. The highest BCUT2D eigenvalue weighted by Crippen LogP contribution is 2.34. The molecule has 3 aromatic heterocycles. The quantitative estimate of drug-likeness (QED) is 0.301. The fourth-order valence-corrected chi connectivity index (χ4v) is 4.14. The molecule has 0 fully saturated rings. The van der Waals surface area contributed by atoms with E-state index in [0.717, 1.165) is 55.6 Å². The third-order valence-corrected chi connectivity index (χ3v) is 5.79. The molecule has 0 unspecified atom stereocenters. The van der Waals surface area contributed by atoms with E-state index in [1.807, 2.05) is 42.5 Å². The third-order valence-electron chi connectivity index (χ3n) is 5.79. The lowest BCUT2D eigenvalue weighted by atomic mass is 10.0. The Bertz CT molecular complexity index is 1680. The maximum Gasteiger partial charge on any atom is 0.136 e. The molecule has 33 heavy (non-hydrogen) atoms. The topological polar surface area (TPSA) is 62.7 Å². The number of benzene rings is 3. The minimum Gasteiger partial charge on any atom is -0.456 e. The Kier molecular flexibility index (Phi) is 4.45. The van der Waals surface area contributed by atoms with Gasteiger partial charge in [0.05, 0.1) is 17.0 Å². The lowest BCUT2D eigenvalue weighted by molar-refractivity contribution is 0.669. The zero-order valence-electron chi connectivity index (χ0n) is 17.6. The van der Waals surface area contributed by atoms with E-state index in [2.05, 4.69) is 53.5 Å². The van der Waals surface area contributed by atoms with Gasteiger partial charge < -0.3 is 4.42 Å². The first-order valence-electron chi connectivity index (χ1n) is 10.6. The number of hydrogen-bond acceptors (Lipinski definition) is 4. The van der Waals surface area contributed by atoms with E-state index in [1.165, 1.54) is 0 Å². The van der Waals surface area contributed by atoms with Crippen molar-refractivity contribution in [2.75, 3.05) is 0 Å². The number of nitrogens with zero attached hydrogens (tertiary/aromatic N) is 3. The van der Waals surface area contributed by atoms with Crippen molar-refractivity contribution in [2.45, 2.75) is 0 Å². The van der Waals surface area contributed by atoms with Crippen LogP contribution >= 0.6 is 0 Å². The molecule has 0 aliphatic heterocycles. The normalized spacial score (nSPS) is 11.0. The molecule has 0 saturated heterocycles. The van der Waals surface area contributed by atoms with Gasteiger partial charge in [-0.05, 0) is 53.6 Å². The molecule has 6 aromatic rings. The van der Waals surface area contributed by atoms with Crippen LogP contribution in [0.1, 0.15) is 5.56 Å². The number of rotatable bonds is 3. The Hall–Kier alpha value is -4.75. The molecular weight excluding hydrogens is 406 g/mol. The van der Waals surface area contributed by atoms with Gasteiger partial charge in [0, 0.05) is 34.3 Å². The SMILES string of the molecule is N#Cc1cncc(-c2cccc(-c3ccc4c(c3)oc3cc(-c5ccccc5)ccc34)n2)c1. The largest absolute Gasteiger partial charge is 0.456 e. The van der Waals surface area contributed by atoms with Crippen molar-refractivity contribution in [3.63, 3.8) is 0 Å². The average Bonchev–Trinajstić information content (AvgIpc) is 3.26. The van der Waals surface area contributed by atoms with Gasteiger partial charge in [-0.2, -0.15) is 5.26 Å². The molecule has 0 aliphatic carbocycles.